The van der Waals surface area contributed by atoms with Crippen LogP contribution in [0, 0.1) is 13.8 Å². The summed E-state index contributed by atoms with van der Waals surface area (Å²) < 4.78 is 0. The van der Waals surface area contributed by atoms with Crippen molar-refractivity contribution in [1.29, 1.82) is 0 Å². The largest absolute Gasteiger partial charge is 0.372 e. The second-order valence-corrected chi connectivity index (χ2v) is 7.48. The van der Waals surface area contributed by atoms with Crippen molar-refractivity contribution < 1.29 is 4.79 Å². The van der Waals surface area contributed by atoms with Gasteiger partial charge in [-0.2, -0.15) is 0 Å². The number of carbonyl (C=O) groups excluding carboxylic acids is 1. The Morgan fingerprint density at radius 3 is 2.21 bits per heavy atom. The van der Waals surface area contributed by atoms with Crippen molar-refractivity contribution in [1.82, 2.24) is 9.97 Å². The number of benzene rings is 2. The summed E-state index contributed by atoms with van der Waals surface area (Å²) in [5.41, 5.74) is 5.52. The first-order valence-electron chi connectivity index (χ1n) is 9.90. The molecule has 0 atom stereocenters. The Kier molecular flexibility index (Phi) is 5.42. The lowest BCUT2D eigenvalue weighted by Crippen LogP contribution is -2.18. The fourth-order valence-corrected chi connectivity index (χ4v) is 3.63. The number of carbonyl (C=O) groups is 1. The first-order valence-corrected chi connectivity index (χ1v) is 9.90. The maximum atomic E-state index is 12.5. The summed E-state index contributed by atoms with van der Waals surface area (Å²) in [4.78, 5) is 23.4. The minimum atomic E-state index is -0.274. The molecule has 29 heavy (non-hydrogen) atoms. The zero-order valence-corrected chi connectivity index (χ0v) is 16.8. The van der Waals surface area contributed by atoms with Gasteiger partial charge in [0, 0.05) is 30.2 Å². The highest BCUT2D eigenvalue weighted by Crippen LogP contribution is 2.22. The smallest absolute Gasteiger partial charge is 0.275 e. The fraction of sp³-hybridized carbons (Fsp3) is 0.261. The first kappa shape index (κ1) is 18.9. The molecule has 0 bridgehead atoms. The van der Waals surface area contributed by atoms with E-state index in [4.69, 9.17) is 0 Å². The summed E-state index contributed by atoms with van der Waals surface area (Å²) in [6.45, 7) is 6.30. The van der Waals surface area contributed by atoms with E-state index < -0.39 is 0 Å². The lowest BCUT2D eigenvalue weighted by Gasteiger charge is -2.17. The SMILES string of the molecule is Cc1cc(C)cc(Nc2cnc(C(=O)Nc3ccc(N4CCCC4)cc3)cn2)c1. The molecule has 1 aromatic heterocycles. The van der Waals surface area contributed by atoms with Gasteiger partial charge in [-0.15, -0.1) is 0 Å². The Balaban J connectivity index is 1.38. The van der Waals surface area contributed by atoms with Crippen LogP contribution in [-0.4, -0.2) is 29.0 Å². The number of hydrogen-bond acceptors (Lipinski definition) is 5. The summed E-state index contributed by atoms with van der Waals surface area (Å²) in [7, 11) is 0. The van der Waals surface area contributed by atoms with Crippen LogP contribution >= 0.6 is 0 Å². The summed E-state index contributed by atoms with van der Waals surface area (Å²) >= 11 is 0. The van der Waals surface area contributed by atoms with Crippen molar-refractivity contribution in [3.05, 3.63) is 71.7 Å². The molecule has 2 N–H and O–H groups in total. The van der Waals surface area contributed by atoms with E-state index in [0.717, 1.165) is 24.5 Å². The molecule has 6 nitrogen and oxygen atoms in total. The highest BCUT2D eigenvalue weighted by Gasteiger charge is 2.13. The zero-order chi connectivity index (χ0) is 20.2. The molecule has 1 aliphatic rings. The van der Waals surface area contributed by atoms with E-state index in [2.05, 4.69) is 45.4 Å². The van der Waals surface area contributed by atoms with E-state index in [-0.39, 0.29) is 11.6 Å². The zero-order valence-electron chi connectivity index (χ0n) is 16.8. The monoisotopic (exact) mass is 387 g/mol. The minimum Gasteiger partial charge on any atom is -0.372 e. The molecule has 6 heteroatoms. The number of anilines is 4. The second kappa shape index (κ2) is 8.31. The highest BCUT2D eigenvalue weighted by molar-refractivity contribution is 6.02. The van der Waals surface area contributed by atoms with Gasteiger partial charge in [0.1, 0.15) is 11.5 Å². The standard InChI is InChI=1S/C23H25N5O/c1-16-11-17(2)13-19(12-16)26-22-15-24-21(14-25-22)23(29)27-18-5-7-20(8-6-18)28-9-3-4-10-28/h5-8,11-15H,3-4,9-10H2,1-2H3,(H,25,26)(H,27,29). The van der Waals surface area contributed by atoms with Gasteiger partial charge in [0.2, 0.25) is 0 Å². The van der Waals surface area contributed by atoms with Crippen molar-refractivity contribution in [2.75, 3.05) is 28.6 Å². The van der Waals surface area contributed by atoms with Gasteiger partial charge < -0.3 is 15.5 Å². The van der Waals surface area contributed by atoms with Crippen molar-refractivity contribution >= 4 is 28.8 Å². The van der Waals surface area contributed by atoms with Crippen LogP contribution in [-0.2, 0) is 0 Å². The van der Waals surface area contributed by atoms with Crippen LogP contribution < -0.4 is 15.5 Å². The number of aryl methyl sites for hydroxylation is 2. The number of nitrogens with one attached hydrogen (secondary N) is 2. The molecule has 3 aromatic rings. The van der Waals surface area contributed by atoms with E-state index in [9.17, 15) is 4.79 Å². The Hall–Kier alpha value is -3.41. The maximum Gasteiger partial charge on any atom is 0.275 e. The summed E-state index contributed by atoms with van der Waals surface area (Å²) in [6, 6.07) is 14.1. The molecule has 2 aromatic carbocycles. The average Bonchev–Trinajstić information content (AvgIpc) is 3.23. The van der Waals surface area contributed by atoms with Crippen molar-refractivity contribution in [2.24, 2.45) is 0 Å². The normalized spacial score (nSPS) is 13.4. The molecule has 0 saturated carbocycles. The van der Waals surface area contributed by atoms with E-state index in [1.54, 1.807) is 6.20 Å². The number of rotatable bonds is 5. The molecular formula is C23H25N5O. The molecule has 0 unspecified atom stereocenters. The second-order valence-electron chi connectivity index (χ2n) is 7.48. The molecule has 0 spiro atoms. The third-order valence-corrected chi connectivity index (χ3v) is 4.97. The van der Waals surface area contributed by atoms with Crippen LogP contribution in [0.1, 0.15) is 34.5 Å². The van der Waals surface area contributed by atoms with Crippen LogP contribution in [0.5, 0.6) is 0 Å². The molecule has 4 rings (SSSR count). The van der Waals surface area contributed by atoms with Gasteiger partial charge in [-0.25, -0.2) is 9.97 Å². The molecular weight excluding hydrogens is 362 g/mol. The summed E-state index contributed by atoms with van der Waals surface area (Å²) in [5, 5.41) is 6.10. The van der Waals surface area contributed by atoms with Gasteiger partial charge >= 0.3 is 0 Å². The van der Waals surface area contributed by atoms with Crippen LogP contribution in [0.2, 0.25) is 0 Å². The van der Waals surface area contributed by atoms with E-state index in [0.29, 0.717) is 5.82 Å². The van der Waals surface area contributed by atoms with Gasteiger partial charge in [-0.3, -0.25) is 4.79 Å². The number of aromatic nitrogens is 2. The molecule has 148 valence electrons. The number of nitrogens with zero attached hydrogens (tertiary/aromatic N) is 3. The lowest BCUT2D eigenvalue weighted by atomic mass is 10.1. The molecule has 2 heterocycles. The van der Waals surface area contributed by atoms with Crippen LogP contribution in [0.3, 0.4) is 0 Å². The number of amides is 1. The molecule has 1 aliphatic heterocycles. The summed E-state index contributed by atoms with van der Waals surface area (Å²) in [6.07, 6.45) is 5.54. The van der Waals surface area contributed by atoms with Crippen molar-refractivity contribution in [3.63, 3.8) is 0 Å². The molecule has 1 fully saturated rings. The quantitative estimate of drug-likeness (QED) is 0.665. The van der Waals surface area contributed by atoms with Gasteiger partial charge in [0.15, 0.2) is 0 Å². The predicted octanol–water partition coefficient (Wildman–Crippen LogP) is 4.69. The Bertz CT molecular complexity index is 973. The summed E-state index contributed by atoms with van der Waals surface area (Å²) in [5.74, 6) is 0.325. The van der Waals surface area contributed by atoms with E-state index >= 15 is 0 Å². The van der Waals surface area contributed by atoms with Gasteiger partial charge in [0.25, 0.3) is 5.91 Å². The lowest BCUT2D eigenvalue weighted by molar-refractivity contribution is 0.102. The van der Waals surface area contributed by atoms with E-state index in [1.165, 1.54) is 35.9 Å². The topological polar surface area (TPSA) is 70.2 Å². The van der Waals surface area contributed by atoms with Gasteiger partial charge in [-0.05, 0) is 74.2 Å². The van der Waals surface area contributed by atoms with E-state index in [1.807, 2.05) is 36.4 Å². The Labute approximate surface area is 171 Å². The average molecular weight is 387 g/mol. The molecule has 1 amide bonds. The highest BCUT2D eigenvalue weighted by atomic mass is 16.1. The third kappa shape index (κ3) is 4.71. The molecule has 1 saturated heterocycles. The molecule has 0 radical (unpaired) electrons. The van der Waals surface area contributed by atoms with Gasteiger partial charge in [-0.1, -0.05) is 6.07 Å². The number of hydrogen-bond donors (Lipinski definition) is 2. The van der Waals surface area contributed by atoms with Gasteiger partial charge in [0.05, 0.1) is 12.4 Å². The maximum absolute atomic E-state index is 12.5. The Morgan fingerprint density at radius 2 is 1.59 bits per heavy atom. The first-order chi connectivity index (χ1) is 14.1. The van der Waals surface area contributed by atoms with Crippen LogP contribution in [0.4, 0.5) is 22.9 Å². The minimum absolute atomic E-state index is 0.274. The van der Waals surface area contributed by atoms with Crippen molar-refractivity contribution in [3.8, 4) is 0 Å². The predicted molar refractivity (Wildman–Crippen MR) is 117 cm³/mol. The third-order valence-electron chi connectivity index (χ3n) is 4.97. The molecule has 0 aliphatic carbocycles. The van der Waals surface area contributed by atoms with Crippen molar-refractivity contribution in [2.45, 2.75) is 26.7 Å². The van der Waals surface area contributed by atoms with Crippen LogP contribution in [0.15, 0.2) is 54.9 Å². The fourth-order valence-electron chi connectivity index (χ4n) is 3.63. The Morgan fingerprint density at radius 1 is 0.897 bits per heavy atom. The van der Waals surface area contributed by atoms with Crippen LogP contribution in [0.25, 0.3) is 0 Å².